The zero-order chi connectivity index (χ0) is 13.1. The van der Waals surface area contributed by atoms with E-state index in [9.17, 15) is 9.59 Å². The number of nitrogens with zero attached hydrogens (tertiary/aromatic N) is 3. The molecule has 1 N–H and O–H groups in total. The van der Waals surface area contributed by atoms with Crippen LogP contribution in [0, 0.1) is 0 Å². The summed E-state index contributed by atoms with van der Waals surface area (Å²) in [7, 11) is 1.42. The average Bonchev–Trinajstić information content (AvgIpc) is 2.81. The van der Waals surface area contributed by atoms with Crippen LogP contribution in [-0.2, 0) is 6.54 Å². The van der Waals surface area contributed by atoms with Gasteiger partial charge in [0.1, 0.15) is 6.54 Å². The maximum Gasteiger partial charge on any atom is 0.358 e. The molecule has 0 fully saturated rings. The second kappa shape index (κ2) is 4.70. The van der Waals surface area contributed by atoms with Gasteiger partial charge in [0.05, 0.1) is 7.11 Å². The van der Waals surface area contributed by atoms with Crippen LogP contribution in [0.3, 0.4) is 0 Å². The summed E-state index contributed by atoms with van der Waals surface area (Å²) >= 11 is 0. The Labute approximate surface area is 100 Å². The molecule has 0 aromatic carbocycles. The van der Waals surface area contributed by atoms with E-state index >= 15 is 0 Å². The van der Waals surface area contributed by atoms with Crippen LogP contribution in [0.5, 0.6) is 5.88 Å². The highest BCUT2D eigenvalue weighted by Crippen LogP contribution is 2.06. The van der Waals surface area contributed by atoms with Crippen LogP contribution >= 0.6 is 0 Å². The number of carbonyl (C=O) groups is 1. The van der Waals surface area contributed by atoms with Gasteiger partial charge in [0, 0.05) is 18.2 Å². The fourth-order valence-corrected chi connectivity index (χ4v) is 1.29. The topological polar surface area (TPSA) is 107 Å². The Bertz CT molecular complexity index is 630. The zero-order valence-corrected chi connectivity index (χ0v) is 9.36. The molecule has 0 aliphatic heterocycles. The molecule has 0 spiro atoms. The molecule has 0 aliphatic rings. The fraction of sp³-hybridized carbons (Fsp3) is 0.200. The Morgan fingerprint density at radius 3 is 2.94 bits per heavy atom. The summed E-state index contributed by atoms with van der Waals surface area (Å²) in [6, 6.07) is 3.96. The Kier molecular flexibility index (Phi) is 3.09. The smallest absolute Gasteiger partial charge is 0.358 e. The molecule has 2 aromatic heterocycles. The Morgan fingerprint density at radius 1 is 1.56 bits per heavy atom. The number of carboxylic acid groups (broad SMARTS) is 1. The predicted octanol–water partition coefficient (Wildman–Crippen LogP) is -0.0136. The van der Waals surface area contributed by atoms with E-state index in [1.807, 2.05) is 0 Å². The standard InChI is InChI=1S/C10H9N3O5/c1-17-8-2-3-9(14)13(11-8)5-6-4-7(10(15)16)12-18-6/h2-4H,5H2,1H3,(H,15,16). The van der Waals surface area contributed by atoms with E-state index in [4.69, 9.17) is 14.4 Å². The minimum absolute atomic E-state index is 0.0175. The minimum atomic E-state index is -1.20. The van der Waals surface area contributed by atoms with Crippen molar-refractivity contribution in [2.24, 2.45) is 0 Å². The minimum Gasteiger partial charge on any atom is -0.480 e. The van der Waals surface area contributed by atoms with Crippen LogP contribution < -0.4 is 10.3 Å². The summed E-state index contributed by atoms with van der Waals surface area (Å²) in [4.78, 5) is 22.1. The third-order valence-corrected chi connectivity index (χ3v) is 2.13. The van der Waals surface area contributed by atoms with E-state index in [1.54, 1.807) is 0 Å². The van der Waals surface area contributed by atoms with Gasteiger partial charge in [0.2, 0.25) is 5.88 Å². The highest BCUT2D eigenvalue weighted by Gasteiger charge is 2.12. The summed E-state index contributed by atoms with van der Waals surface area (Å²) in [5, 5.41) is 15.9. The monoisotopic (exact) mass is 251 g/mol. The Hall–Kier alpha value is -2.64. The van der Waals surface area contributed by atoms with Gasteiger partial charge in [-0.15, -0.1) is 5.10 Å². The van der Waals surface area contributed by atoms with Gasteiger partial charge in [-0.1, -0.05) is 5.16 Å². The summed E-state index contributed by atoms with van der Waals surface area (Å²) in [6.45, 7) is -0.0175. The molecular weight excluding hydrogens is 242 g/mol. The average molecular weight is 251 g/mol. The first-order chi connectivity index (χ1) is 8.60. The first kappa shape index (κ1) is 11.8. The lowest BCUT2D eigenvalue weighted by Gasteiger charge is -2.03. The lowest BCUT2D eigenvalue weighted by Crippen LogP contribution is -2.22. The van der Waals surface area contributed by atoms with Crippen LogP contribution in [0.1, 0.15) is 16.2 Å². The Morgan fingerprint density at radius 2 is 2.33 bits per heavy atom. The van der Waals surface area contributed by atoms with E-state index in [1.165, 1.54) is 25.3 Å². The van der Waals surface area contributed by atoms with Gasteiger partial charge in [-0.25, -0.2) is 9.48 Å². The number of hydrogen-bond donors (Lipinski definition) is 1. The number of aromatic nitrogens is 3. The van der Waals surface area contributed by atoms with Gasteiger partial charge in [0.15, 0.2) is 11.5 Å². The van der Waals surface area contributed by atoms with Crippen molar-refractivity contribution in [2.45, 2.75) is 6.54 Å². The van der Waals surface area contributed by atoms with Crippen molar-refractivity contribution in [3.8, 4) is 5.88 Å². The normalized spacial score (nSPS) is 10.3. The number of carboxylic acids is 1. The molecule has 2 rings (SSSR count). The lowest BCUT2D eigenvalue weighted by atomic mass is 10.3. The molecule has 0 saturated heterocycles. The molecule has 0 saturated carbocycles. The van der Waals surface area contributed by atoms with Gasteiger partial charge in [-0.3, -0.25) is 4.79 Å². The zero-order valence-electron chi connectivity index (χ0n) is 9.36. The number of rotatable bonds is 4. The van der Waals surface area contributed by atoms with E-state index < -0.39 is 5.97 Å². The SMILES string of the molecule is COc1ccc(=O)n(Cc2cc(C(=O)O)no2)n1. The summed E-state index contributed by atoms with van der Waals surface area (Å²) in [6.07, 6.45) is 0. The molecule has 94 valence electrons. The van der Waals surface area contributed by atoms with Crippen molar-refractivity contribution < 1.29 is 19.2 Å². The summed E-state index contributed by atoms with van der Waals surface area (Å²) in [5.74, 6) is -0.709. The molecule has 8 nitrogen and oxygen atoms in total. The van der Waals surface area contributed by atoms with E-state index in [-0.39, 0.29) is 29.4 Å². The molecule has 0 radical (unpaired) electrons. The van der Waals surface area contributed by atoms with Gasteiger partial charge in [-0.2, -0.15) is 0 Å². The quantitative estimate of drug-likeness (QED) is 0.813. The molecule has 2 aromatic rings. The van der Waals surface area contributed by atoms with Crippen molar-refractivity contribution in [3.05, 3.63) is 40.0 Å². The van der Waals surface area contributed by atoms with E-state index in [0.717, 1.165) is 4.68 Å². The molecule has 0 bridgehead atoms. The van der Waals surface area contributed by atoms with Gasteiger partial charge >= 0.3 is 5.97 Å². The maximum atomic E-state index is 11.5. The first-order valence-corrected chi connectivity index (χ1v) is 4.91. The highest BCUT2D eigenvalue weighted by molar-refractivity contribution is 5.85. The highest BCUT2D eigenvalue weighted by atomic mass is 16.5. The second-order valence-electron chi connectivity index (χ2n) is 3.36. The Balaban J connectivity index is 2.27. The molecule has 0 amide bonds. The molecule has 8 heteroatoms. The van der Waals surface area contributed by atoms with Crippen LogP contribution in [0.4, 0.5) is 0 Å². The van der Waals surface area contributed by atoms with Crippen molar-refractivity contribution in [1.29, 1.82) is 0 Å². The largest absolute Gasteiger partial charge is 0.480 e. The summed E-state index contributed by atoms with van der Waals surface area (Å²) in [5.41, 5.74) is -0.579. The van der Waals surface area contributed by atoms with Crippen molar-refractivity contribution in [3.63, 3.8) is 0 Å². The number of ether oxygens (including phenoxy) is 1. The molecule has 0 unspecified atom stereocenters. The number of methoxy groups -OCH3 is 1. The second-order valence-corrected chi connectivity index (χ2v) is 3.36. The van der Waals surface area contributed by atoms with Crippen molar-refractivity contribution in [2.75, 3.05) is 7.11 Å². The third-order valence-electron chi connectivity index (χ3n) is 2.13. The maximum absolute atomic E-state index is 11.5. The molecule has 2 heterocycles. The van der Waals surface area contributed by atoms with Crippen molar-refractivity contribution >= 4 is 5.97 Å². The summed E-state index contributed by atoms with van der Waals surface area (Å²) < 4.78 is 10.8. The van der Waals surface area contributed by atoms with Crippen LogP contribution in [0.25, 0.3) is 0 Å². The molecule has 18 heavy (non-hydrogen) atoms. The lowest BCUT2D eigenvalue weighted by molar-refractivity contribution is 0.0685. The first-order valence-electron chi connectivity index (χ1n) is 4.91. The van der Waals surface area contributed by atoms with Gasteiger partial charge in [0.25, 0.3) is 5.56 Å². The fourth-order valence-electron chi connectivity index (χ4n) is 1.29. The molecule has 0 aliphatic carbocycles. The van der Waals surface area contributed by atoms with Crippen LogP contribution in [0.2, 0.25) is 0 Å². The van der Waals surface area contributed by atoms with Crippen molar-refractivity contribution in [1.82, 2.24) is 14.9 Å². The van der Waals surface area contributed by atoms with Crippen LogP contribution in [0.15, 0.2) is 27.5 Å². The third kappa shape index (κ3) is 2.37. The van der Waals surface area contributed by atoms with Crippen LogP contribution in [-0.4, -0.2) is 33.1 Å². The molecular formula is C10H9N3O5. The van der Waals surface area contributed by atoms with Gasteiger partial charge < -0.3 is 14.4 Å². The number of aromatic carboxylic acids is 1. The predicted molar refractivity (Wildman–Crippen MR) is 57.6 cm³/mol. The molecule has 0 atom stereocenters. The van der Waals surface area contributed by atoms with E-state index in [0.29, 0.717) is 0 Å². The van der Waals surface area contributed by atoms with Gasteiger partial charge in [-0.05, 0) is 0 Å². The van der Waals surface area contributed by atoms with E-state index in [2.05, 4.69) is 10.3 Å². The number of hydrogen-bond acceptors (Lipinski definition) is 6.